The van der Waals surface area contributed by atoms with Gasteiger partial charge in [0.2, 0.25) is 11.8 Å². The molecule has 0 spiro atoms. The molecule has 0 atom stereocenters. The maximum absolute atomic E-state index is 12.3. The van der Waals surface area contributed by atoms with Crippen molar-refractivity contribution in [2.45, 2.75) is 34.1 Å². The van der Waals surface area contributed by atoms with Gasteiger partial charge in [0.15, 0.2) is 5.78 Å². The fraction of sp³-hybridized carbons (Fsp3) is 0.286. The monoisotopic (exact) mass is 352 g/mol. The Morgan fingerprint density at radius 3 is 2.35 bits per heavy atom. The third kappa shape index (κ3) is 5.02. The molecule has 5 heteroatoms. The molecule has 0 aliphatic carbocycles. The predicted molar refractivity (Wildman–Crippen MR) is 104 cm³/mol. The fourth-order valence-corrected chi connectivity index (χ4v) is 2.81. The van der Waals surface area contributed by atoms with Crippen LogP contribution in [-0.4, -0.2) is 24.1 Å². The lowest BCUT2D eigenvalue weighted by Gasteiger charge is -2.23. The smallest absolute Gasteiger partial charge is 0.226 e. The number of carbonyl (C=O) groups excluding carboxylic acids is 3. The zero-order chi connectivity index (χ0) is 19.3. The first-order valence-electron chi connectivity index (χ1n) is 8.54. The van der Waals surface area contributed by atoms with Crippen molar-refractivity contribution < 1.29 is 14.4 Å². The number of rotatable bonds is 6. The summed E-state index contributed by atoms with van der Waals surface area (Å²) in [5.41, 5.74) is 4.05. The number of anilines is 2. The molecule has 5 nitrogen and oxygen atoms in total. The Labute approximate surface area is 154 Å². The summed E-state index contributed by atoms with van der Waals surface area (Å²) in [4.78, 5) is 37.3. The Morgan fingerprint density at radius 1 is 1.00 bits per heavy atom. The molecule has 0 aliphatic rings. The Morgan fingerprint density at radius 2 is 1.73 bits per heavy atom. The van der Waals surface area contributed by atoms with Gasteiger partial charge >= 0.3 is 0 Å². The normalized spacial score (nSPS) is 10.3. The number of amides is 2. The van der Waals surface area contributed by atoms with Crippen LogP contribution in [0.5, 0.6) is 0 Å². The number of carbonyl (C=O) groups is 3. The number of hydrogen-bond acceptors (Lipinski definition) is 3. The molecule has 136 valence electrons. The van der Waals surface area contributed by atoms with Crippen LogP contribution in [0.25, 0.3) is 0 Å². The van der Waals surface area contributed by atoms with Crippen molar-refractivity contribution in [1.82, 2.24) is 0 Å². The van der Waals surface area contributed by atoms with Gasteiger partial charge in [0, 0.05) is 36.8 Å². The summed E-state index contributed by atoms with van der Waals surface area (Å²) in [6, 6.07) is 12.7. The average molecular weight is 352 g/mol. The third-order valence-electron chi connectivity index (χ3n) is 4.14. The predicted octanol–water partition coefficient (Wildman–Crippen LogP) is 3.89. The van der Waals surface area contributed by atoms with Gasteiger partial charge in [0.1, 0.15) is 0 Å². The molecule has 0 aliphatic heterocycles. The minimum absolute atomic E-state index is 0.0568. The first-order chi connectivity index (χ1) is 12.3. The zero-order valence-corrected chi connectivity index (χ0v) is 15.6. The molecular weight excluding hydrogens is 328 g/mol. The molecule has 2 aromatic rings. The van der Waals surface area contributed by atoms with E-state index in [9.17, 15) is 14.4 Å². The second kappa shape index (κ2) is 8.43. The largest absolute Gasteiger partial charge is 0.326 e. The number of hydrogen-bond donors (Lipinski definition) is 1. The Hall–Kier alpha value is -2.95. The Balaban J connectivity index is 2.05. The molecule has 1 N–H and O–H groups in total. The van der Waals surface area contributed by atoms with Crippen LogP contribution in [0.2, 0.25) is 0 Å². The highest BCUT2D eigenvalue weighted by atomic mass is 16.2. The van der Waals surface area contributed by atoms with Crippen LogP contribution in [0, 0.1) is 13.8 Å². The Kier molecular flexibility index (Phi) is 6.28. The van der Waals surface area contributed by atoms with Gasteiger partial charge in [-0.2, -0.15) is 0 Å². The molecule has 2 amide bonds. The molecule has 0 fully saturated rings. The van der Waals surface area contributed by atoms with E-state index in [2.05, 4.69) is 5.32 Å². The average Bonchev–Trinajstić information content (AvgIpc) is 2.56. The lowest BCUT2D eigenvalue weighted by molar-refractivity contribution is -0.117. The summed E-state index contributed by atoms with van der Waals surface area (Å²) in [6.45, 7) is 7.21. The van der Waals surface area contributed by atoms with Crippen molar-refractivity contribution in [2.75, 3.05) is 16.8 Å². The number of aryl methyl sites for hydroxylation is 2. The molecule has 2 rings (SSSR count). The molecule has 0 saturated heterocycles. The summed E-state index contributed by atoms with van der Waals surface area (Å²) in [7, 11) is 0. The van der Waals surface area contributed by atoms with Crippen molar-refractivity contribution in [3.8, 4) is 0 Å². The molecule has 0 bridgehead atoms. The van der Waals surface area contributed by atoms with E-state index in [-0.39, 0.29) is 30.6 Å². The Bertz CT molecular complexity index is 843. The maximum Gasteiger partial charge on any atom is 0.226 e. The first kappa shape index (κ1) is 19.4. The summed E-state index contributed by atoms with van der Waals surface area (Å²) >= 11 is 0. The van der Waals surface area contributed by atoms with Crippen molar-refractivity contribution in [2.24, 2.45) is 0 Å². The van der Waals surface area contributed by atoms with E-state index in [4.69, 9.17) is 0 Å². The number of benzene rings is 2. The second-order valence-electron chi connectivity index (χ2n) is 6.40. The van der Waals surface area contributed by atoms with Crippen LogP contribution < -0.4 is 10.2 Å². The maximum atomic E-state index is 12.3. The summed E-state index contributed by atoms with van der Waals surface area (Å²) in [5.74, 6) is -0.372. The van der Waals surface area contributed by atoms with Gasteiger partial charge in [0.25, 0.3) is 0 Å². The standard InChI is InChI=1S/C21H24N2O3/c1-14-8-9-20(15(2)12-14)23(17(4)25)11-10-21(26)22-19-7-5-6-18(13-19)16(3)24/h5-9,12-13H,10-11H2,1-4H3,(H,22,26). The van der Waals surface area contributed by atoms with E-state index in [1.54, 1.807) is 29.2 Å². The first-order valence-corrected chi connectivity index (χ1v) is 8.54. The highest BCUT2D eigenvalue weighted by Gasteiger charge is 2.15. The van der Waals surface area contributed by atoms with E-state index in [1.165, 1.54) is 13.8 Å². The number of Topliss-reactive ketones (excluding diaryl/α,β-unsaturated/α-hetero) is 1. The van der Waals surface area contributed by atoms with Crippen LogP contribution in [0.1, 0.15) is 41.8 Å². The topological polar surface area (TPSA) is 66.5 Å². The molecule has 2 aromatic carbocycles. The fourth-order valence-electron chi connectivity index (χ4n) is 2.81. The molecule has 0 radical (unpaired) electrons. The van der Waals surface area contributed by atoms with Crippen molar-refractivity contribution in [3.63, 3.8) is 0 Å². The van der Waals surface area contributed by atoms with Crippen LogP contribution in [-0.2, 0) is 9.59 Å². The second-order valence-corrected chi connectivity index (χ2v) is 6.40. The van der Waals surface area contributed by atoms with Gasteiger partial charge in [-0.3, -0.25) is 14.4 Å². The quantitative estimate of drug-likeness (QED) is 0.802. The molecule has 0 saturated carbocycles. The number of nitrogens with one attached hydrogen (secondary N) is 1. The lowest BCUT2D eigenvalue weighted by atomic mass is 10.1. The van der Waals surface area contributed by atoms with E-state index in [1.807, 2.05) is 32.0 Å². The minimum Gasteiger partial charge on any atom is -0.326 e. The van der Waals surface area contributed by atoms with E-state index < -0.39 is 0 Å². The van der Waals surface area contributed by atoms with Gasteiger partial charge < -0.3 is 10.2 Å². The highest BCUT2D eigenvalue weighted by Crippen LogP contribution is 2.22. The van der Waals surface area contributed by atoms with Crippen molar-refractivity contribution >= 4 is 29.0 Å². The van der Waals surface area contributed by atoms with E-state index in [0.29, 0.717) is 11.3 Å². The molecule has 0 unspecified atom stereocenters. The third-order valence-corrected chi connectivity index (χ3v) is 4.14. The van der Waals surface area contributed by atoms with Gasteiger partial charge in [-0.05, 0) is 44.5 Å². The number of nitrogens with zero attached hydrogens (tertiary/aromatic N) is 1. The lowest BCUT2D eigenvalue weighted by Crippen LogP contribution is -2.32. The van der Waals surface area contributed by atoms with Gasteiger partial charge in [0.05, 0.1) is 0 Å². The summed E-state index contributed by atoms with van der Waals surface area (Å²) < 4.78 is 0. The van der Waals surface area contributed by atoms with Gasteiger partial charge in [-0.15, -0.1) is 0 Å². The SMILES string of the molecule is CC(=O)c1cccc(NC(=O)CCN(C(C)=O)c2ccc(C)cc2C)c1. The van der Waals surface area contributed by atoms with Crippen molar-refractivity contribution in [3.05, 3.63) is 59.2 Å². The highest BCUT2D eigenvalue weighted by molar-refractivity contribution is 5.98. The summed E-state index contributed by atoms with van der Waals surface area (Å²) in [5, 5.41) is 2.78. The summed E-state index contributed by atoms with van der Waals surface area (Å²) in [6.07, 6.45) is 0.164. The van der Waals surface area contributed by atoms with Crippen LogP contribution in [0.15, 0.2) is 42.5 Å². The molecular formula is C21H24N2O3. The zero-order valence-electron chi connectivity index (χ0n) is 15.6. The number of ketones is 1. The molecule has 0 aromatic heterocycles. The molecule has 0 heterocycles. The van der Waals surface area contributed by atoms with Crippen LogP contribution >= 0.6 is 0 Å². The van der Waals surface area contributed by atoms with Gasteiger partial charge in [-0.1, -0.05) is 29.8 Å². The van der Waals surface area contributed by atoms with Crippen LogP contribution in [0.3, 0.4) is 0 Å². The molecule has 26 heavy (non-hydrogen) atoms. The van der Waals surface area contributed by atoms with Crippen molar-refractivity contribution in [1.29, 1.82) is 0 Å². The van der Waals surface area contributed by atoms with E-state index >= 15 is 0 Å². The van der Waals surface area contributed by atoms with Crippen LogP contribution in [0.4, 0.5) is 11.4 Å². The minimum atomic E-state index is -0.207. The van der Waals surface area contributed by atoms with E-state index in [0.717, 1.165) is 16.8 Å². The van der Waals surface area contributed by atoms with Gasteiger partial charge in [-0.25, -0.2) is 0 Å².